The molecule has 2 atom stereocenters. The van der Waals surface area contributed by atoms with Crippen molar-refractivity contribution in [2.45, 2.75) is 18.6 Å². The van der Waals surface area contributed by atoms with Gasteiger partial charge in [0.05, 0.1) is 7.11 Å². The number of esters is 1. The zero-order valence-corrected chi connectivity index (χ0v) is 9.83. The second kappa shape index (κ2) is 5.61. The normalized spacial score (nSPS) is 16.5. The van der Waals surface area contributed by atoms with E-state index in [4.69, 9.17) is 0 Å². The molecule has 0 saturated carbocycles. The van der Waals surface area contributed by atoms with Crippen LogP contribution in [-0.2, 0) is 15.1 Å². The molecular weight excluding hydrogens is 220 g/mol. The fourth-order valence-electron chi connectivity index (χ4n) is 1.58. The Morgan fingerprint density at radius 2 is 2.00 bits per heavy atom. The molecule has 0 aliphatic heterocycles. The van der Waals surface area contributed by atoms with Crippen LogP contribution in [0.4, 0.5) is 0 Å². The molecule has 0 fully saturated rings. The SMILES string of the molecule is C/C=C/[C@H](O)[C@](O)(C(=O)OC)c1ccccc1. The quantitative estimate of drug-likeness (QED) is 0.604. The van der Waals surface area contributed by atoms with Crippen LogP contribution in [0.3, 0.4) is 0 Å². The Kier molecular flexibility index (Phi) is 4.43. The van der Waals surface area contributed by atoms with Crippen LogP contribution in [0.1, 0.15) is 12.5 Å². The molecule has 0 spiro atoms. The van der Waals surface area contributed by atoms with Gasteiger partial charge in [0.25, 0.3) is 0 Å². The predicted octanol–water partition coefficient (Wildman–Crippen LogP) is 0.984. The number of allylic oxidation sites excluding steroid dienone is 1. The van der Waals surface area contributed by atoms with Gasteiger partial charge in [-0.25, -0.2) is 4.79 Å². The van der Waals surface area contributed by atoms with Crippen LogP contribution in [0.2, 0.25) is 0 Å². The minimum absolute atomic E-state index is 0.289. The highest BCUT2D eigenvalue weighted by molar-refractivity contribution is 5.82. The standard InChI is InChI=1S/C13H16O4/c1-3-7-11(14)13(16,12(15)17-2)10-8-5-4-6-9-10/h3-9,11,14,16H,1-2H3/b7-3+/t11-,13-/m0/s1. The summed E-state index contributed by atoms with van der Waals surface area (Å²) in [4.78, 5) is 11.7. The lowest BCUT2D eigenvalue weighted by Crippen LogP contribution is -2.46. The van der Waals surface area contributed by atoms with Gasteiger partial charge >= 0.3 is 5.97 Å². The van der Waals surface area contributed by atoms with Crippen LogP contribution in [0.15, 0.2) is 42.5 Å². The molecule has 0 bridgehead atoms. The maximum Gasteiger partial charge on any atom is 0.345 e. The van der Waals surface area contributed by atoms with E-state index in [0.717, 1.165) is 0 Å². The molecule has 0 aliphatic carbocycles. The second-order valence-corrected chi connectivity index (χ2v) is 3.59. The van der Waals surface area contributed by atoms with Crippen molar-refractivity contribution >= 4 is 5.97 Å². The number of aliphatic hydroxyl groups excluding tert-OH is 1. The highest BCUT2D eigenvalue weighted by Crippen LogP contribution is 2.27. The largest absolute Gasteiger partial charge is 0.467 e. The first-order valence-corrected chi connectivity index (χ1v) is 5.24. The third-order valence-corrected chi connectivity index (χ3v) is 2.51. The number of carbonyl (C=O) groups is 1. The summed E-state index contributed by atoms with van der Waals surface area (Å²) in [6.07, 6.45) is 1.54. The van der Waals surface area contributed by atoms with Crippen LogP contribution in [0.25, 0.3) is 0 Å². The lowest BCUT2D eigenvalue weighted by molar-refractivity contribution is -0.173. The van der Waals surface area contributed by atoms with E-state index < -0.39 is 17.7 Å². The van der Waals surface area contributed by atoms with E-state index in [0.29, 0.717) is 0 Å². The van der Waals surface area contributed by atoms with Gasteiger partial charge < -0.3 is 14.9 Å². The molecule has 0 aromatic heterocycles. The zero-order chi connectivity index (χ0) is 12.9. The minimum atomic E-state index is -2.08. The molecule has 1 aromatic rings. The van der Waals surface area contributed by atoms with Crippen LogP contribution < -0.4 is 0 Å². The zero-order valence-electron chi connectivity index (χ0n) is 9.83. The van der Waals surface area contributed by atoms with Crippen molar-refractivity contribution in [3.8, 4) is 0 Å². The molecule has 1 aromatic carbocycles. The summed E-state index contributed by atoms with van der Waals surface area (Å²) >= 11 is 0. The number of hydrogen-bond donors (Lipinski definition) is 2. The van der Waals surface area contributed by atoms with Gasteiger partial charge in [-0.05, 0) is 12.5 Å². The number of methoxy groups -OCH3 is 1. The van der Waals surface area contributed by atoms with Crippen LogP contribution in [0, 0.1) is 0 Å². The highest BCUT2D eigenvalue weighted by Gasteiger charge is 2.45. The first-order valence-electron chi connectivity index (χ1n) is 5.24. The van der Waals surface area contributed by atoms with Gasteiger partial charge in [0.1, 0.15) is 6.10 Å². The van der Waals surface area contributed by atoms with Crippen molar-refractivity contribution in [2.75, 3.05) is 7.11 Å². The van der Waals surface area contributed by atoms with Gasteiger partial charge in [-0.2, -0.15) is 0 Å². The van der Waals surface area contributed by atoms with Gasteiger partial charge in [-0.3, -0.25) is 0 Å². The summed E-state index contributed by atoms with van der Waals surface area (Å²) in [5.74, 6) is -0.894. The molecule has 0 aliphatic rings. The van der Waals surface area contributed by atoms with Gasteiger partial charge in [0.2, 0.25) is 5.60 Å². The Labute approximate surface area is 100 Å². The van der Waals surface area contributed by atoms with Crippen molar-refractivity contribution in [3.63, 3.8) is 0 Å². The summed E-state index contributed by atoms with van der Waals surface area (Å²) in [6, 6.07) is 8.22. The van der Waals surface area contributed by atoms with E-state index in [1.807, 2.05) is 0 Å². The lowest BCUT2D eigenvalue weighted by Gasteiger charge is -2.28. The van der Waals surface area contributed by atoms with Crippen LogP contribution in [0.5, 0.6) is 0 Å². The first-order chi connectivity index (χ1) is 8.07. The van der Waals surface area contributed by atoms with E-state index >= 15 is 0 Å². The Balaban J connectivity index is 3.24. The summed E-state index contributed by atoms with van der Waals surface area (Å²) in [6.45, 7) is 1.69. The Morgan fingerprint density at radius 3 is 2.47 bits per heavy atom. The fourth-order valence-corrected chi connectivity index (χ4v) is 1.58. The number of carbonyl (C=O) groups excluding carboxylic acids is 1. The molecule has 0 heterocycles. The molecule has 0 saturated heterocycles. The van der Waals surface area contributed by atoms with Gasteiger partial charge in [-0.1, -0.05) is 42.5 Å². The molecule has 4 nitrogen and oxygen atoms in total. The predicted molar refractivity (Wildman–Crippen MR) is 63.2 cm³/mol. The second-order valence-electron chi connectivity index (χ2n) is 3.59. The van der Waals surface area contributed by atoms with E-state index in [9.17, 15) is 15.0 Å². The van der Waals surface area contributed by atoms with Gasteiger partial charge in [-0.15, -0.1) is 0 Å². The highest BCUT2D eigenvalue weighted by atomic mass is 16.5. The number of ether oxygens (including phenoxy) is 1. The maximum absolute atomic E-state index is 11.7. The van der Waals surface area contributed by atoms with Gasteiger partial charge in [0, 0.05) is 0 Å². The molecule has 4 heteroatoms. The molecule has 0 radical (unpaired) electrons. The van der Waals surface area contributed by atoms with E-state index in [1.165, 1.54) is 13.2 Å². The average molecular weight is 236 g/mol. The van der Waals surface area contributed by atoms with Crippen molar-refractivity contribution in [1.29, 1.82) is 0 Å². The number of hydrogen-bond acceptors (Lipinski definition) is 4. The Hall–Kier alpha value is -1.65. The molecule has 2 N–H and O–H groups in total. The molecule has 0 unspecified atom stereocenters. The first kappa shape index (κ1) is 13.4. The third kappa shape index (κ3) is 2.54. The number of aliphatic hydroxyl groups is 2. The Morgan fingerprint density at radius 1 is 1.41 bits per heavy atom. The number of benzene rings is 1. The number of rotatable bonds is 4. The maximum atomic E-state index is 11.7. The van der Waals surface area contributed by atoms with E-state index in [-0.39, 0.29) is 5.56 Å². The summed E-state index contributed by atoms with van der Waals surface area (Å²) in [5, 5.41) is 20.3. The monoisotopic (exact) mass is 236 g/mol. The average Bonchev–Trinajstić information content (AvgIpc) is 2.38. The summed E-state index contributed by atoms with van der Waals surface area (Å²) < 4.78 is 4.55. The van der Waals surface area contributed by atoms with E-state index in [1.54, 1.807) is 43.3 Å². The van der Waals surface area contributed by atoms with Crippen molar-refractivity contribution in [3.05, 3.63) is 48.0 Å². The van der Waals surface area contributed by atoms with Crippen LogP contribution in [-0.4, -0.2) is 29.4 Å². The fraction of sp³-hybridized carbons (Fsp3) is 0.308. The third-order valence-electron chi connectivity index (χ3n) is 2.51. The van der Waals surface area contributed by atoms with E-state index in [2.05, 4.69) is 4.74 Å². The van der Waals surface area contributed by atoms with Gasteiger partial charge in [0.15, 0.2) is 0 Å². The topological polar surface area (TPSA) is 66.8 Å². The Bertz CT molecular complexity index is 399. The summed E-state index contributed by atoms with van der Waals surface area (Å²) in [5.41, 5.74) is -1.79. The molecular formula is C13H16O4. The molecule has 1 rings (SSSR count). The molecule has 92 valence electrons. The van der Waals surface area contributed by atoms with Crippen molar-refractivity contribution in [1.82, 2.24) is 0 Å². The molecule has 17 heavy (non-hydrogen) atoms. The van der Waals surface area contributed by atoms with Crippen molar-refractivity contribution < 1.29 is 19.7 Å². The molecule has 0 amide bonds. The lowest BCUT2D eigenvalue weighted by atomic mass is 9.88. The smallest absolute Gasteiger partial charge is 0.345 e. The summed E-state index contributed by atoms with van der Waals surface area (Å²) in [7, 11) is 1.17. The van der Waals surface area contributed by atoms with Crippen molar-refractivity contribution in [2.24, 2.45) is 0 Å². The minimum Gasteiger partial charge on any atom is -0.467 e. The van der Waals surface area contributed by atoms with Crippen LogP contribution >= 0.6 is 0 Å².